The van der Waals surface area contributed by atoms with Crippen molar-refractivity contribution in [3.63, 3.8) is 0 Å². The molecule has 0 bridgehead atoms. The highest BCUT2D eigenvalue weighted by atomic mass is 35.5. The number of ether oxygens (including phenoxy) is 2. The maximum absolute atomic E-state index is 12.2. The molecule has 0 radical (unpaired) electrons. The van der Waals surface area contributed by atoms with Gasteiger partial charge in [0.05, 0.1) is 18.7 Å². The molecule has 0 saturated carbocycles. The number of nitrogens with zero attached hydrogens (tertiary/aromatic N) is 1. The first-order valence-corrected chi connectivity index (χ1v) is 8.42. The molecule has 1 rings (SSSR count). The van der Waals surface area contributed by atoms with Gasteiger partial charge in [0, 0.05) is 19.2 Å². The molecule has 1 aromatic carbocycles. The molecule has 0 aliphatic heterocycles. The Labute approximate surface area is 149 Å². The van der Waals surface area contributed by atoms with Gasteiger partial charge in [-0.3, -0.25) is 4.79 Å². The van der Waals surface area contributed by atoms with Gasteiger partial charge in [0.15, 0.2) is 11.5 Å². The van der Waals surface area contributed by atoms with Crippen LogP contribution in [-0.4, -0.2) is 37.6 Å². The van der Waals surface area contributed by atoms with Gasteiger partial charge in [-0.05, 0) is 44.0 Å². The van der Waals surface area contributed by atoms with E-state index in [1.54, 1.807) is 30.2 Å². The highest BCUT2D eigenvalue weighted by Gasteiger charge is 2.12. The Morgan fingerprint density at radius 3 is 2.62 bits per heavy atom. The van der Waals surface area contributed by atoms with Gasteiger partial charge in [-0.15, -0.1) is 0 Å². The molecule has 4 nitrogen and oxygen atoms in total. The molecular formula is C19H26ClNO3. The van der Waals surface area contributed by atoms with Crippen LogP contribution in [0.2, 0.25) is 5.02 Å². The van der Waals surface area contributed by atoms with Crippen LogP contribution in [0.1, 0.15) is 32.8 Å². The summed E-state index contributed by atoms with van der Waals surface area (Å²) < 4.78 is 11.0. The van der Waals surface area contributed by atoms with Crippen LogP contribution < -0.4 is 9.47 Å². The second kappa shape index (κ2) is 10.0. The number of hydrogen-bond acceptors (Lipinski definition) is 3. The van der Waals surface area contributed by atoms with E-state index in [-0.39, 0.29) is 5.91 Å². The summed E-state index contributed by atoms with van der Waals surface area (Å²) in [5.74, 6) is 1.01. The third kappa shape index (κ3) is 5.93. The highest BCUT2D eigenvalue weighted by molar-refractivity contribution is 6.32. The molecule has 0 spiro atoms. The Balaban J connectivity index is 2.96. The van der Waals surface area contributed by atoms with Gasteiger partial charge in [-0.25, -0.2) is 0 Å². The molecule has 0 atom stereocenters. The normalized spacial score (nSPS) is 10.7. The number of carbonyl (C=O) groups is 1. The van der Waals surface area contributed by atoms with Crippen LogP contribution in [0.5, 0.6) is 11.5 Å². The minimum atomic E-state index is -0.0677. The molecule has 132 valence electrons. The van der Waals surface area contributed by atoms with Gasteiger partial charge in [0.2, 0.25) is 5.91 Å². The average Bonchev–Trinajstić information content (AvgIpc) is 2.55. The van der Waals surface area contributed by atoms with E-state index >= 15 is 0 Å². The van der Waals surface area contributed by atoms with Crippen LogP contribution in [0.3, 0.4) is 0 Å². The molecule has 0 aliphatic carbocycles. The first kappa shape index (κ1) is 20.1. The summed E-state index contributed by atoms with van der Waals surface area (Å²) in [6, 6.07) is 3.56. The van der Waals surface area contributed by atoms with Crippen molar-refractivity contribution in [2.75, 3.05) is 26.8 Å². The summed E-state index contributed by atoms with van der Waals surface area (Å²) in [7, 11) is 1.56. The van der Waals surface area contributed by atoms with E-state index in [9.17, 15) is 4.79 Å². The number of likely N-dealkylation sites (N-methyl/N-ethyl adjacent to an activating group) is 1. The predicted octanol–water partition coefficient (Wildman–Crippen LogP) is 4.58. The van der Waals surface area contributed by atoms with E-state index in [1.807, 2.05) is 20.8 Å². The van der Waals surface area contributed by atoms with Crippen LogP contribution in [0.4, 0.5) is 0 Å². The molecular weight excluding hydrogens is 326 g/mol. The van der Waals surface area contributed by atoms with Crippen molar-refractivity contribution in [1.82, 2.24) is 4.90 Å². The van der Waals surface area contributed by atoms with E-state index in [0.717, 1.165) is 17.6 Å². The molecule has 1 amide bonds. The maximum Gasteiger partial charge on any atom is 0.246 e. The fraction of sp³-hybridized carbons (Fsp3) is 0.421. The maximum atomic E-state index is 12.2. The summed E-state index contributed by atoms with van der Waals surface area (Å²) in [6.45, 7) is 11.5. The second-order valence-electron chi connectivity index (χ2n) is 5.53. The topological polar surface area (TPSA) is 38.8 Å². The van der Waals surface area contributed by atoms with Crippen LogP contribution in [0.15, 0.2) is 30.4 Å². The lowest BCUT2D eigenvalue weighted by atomic mass is 10.1. The molecule has 5 heteroatoms. The number of hydrogen-bond donors (Lipinski definition) is 0. The standard InChI is InChI=1S/C19H26ClNO3/c1-6-10-24-19-16(20)11-15(12-17(19)23-5)8-9-18(22)21(7-2)13-14(3)4/h8-9,11-12H,3,6-7,10,13H2,1-2,4-5H3. The smallest absolute Gasteiger partial charge is 0.246 e. The molecule has 0 aliphatic rings. The second-order valence-corrected chi connectivity index (χ2v) is 5.93. The molecule has 0 saturated heterocycles. The summed E-state index contributed by atoms with van der Waals surface area (Å²) in [6.07, 6.45) is 4.14. The number of benzene rings is 1. The van der Waals surface area contributed by atoms with Crippen molar-refractivity contribution >= 4 is 23.6 Å². The van der Waals surface area contributed by atoms with Gasteiger partial charge in [0.25, 0.3) is 0 Å². The van der Waals surface area contributed by atoms with E-state index < -0.39 is 0 Å². The quantitative estimate of drug-likeness (QED) is 0.483. The van der Waals surface area contributed by atoms with Gasteiger partial charge in [0.1, 0.15) is 0 Å². The number of carbonyl (C=O) groups excluding carboxylic acids is 1. The van der Waals surface area contributed by atoms with E-state index in [4.69, 9.17) is 21.1 Å². The minimum Gasteiger partial charge on any atom is -0.493 e. The van der Waals surface area contributed by atoms with Gasteiger partial charge >= 0.3 is 0 Å². The summed E-state index contributed by atoms with van der Waals surface area (Å²) in [5, 5.41) is 0.462. The van der Waals surface area contributed by atoms with E-state index in [2.05, 4.69) is 6.58 Å². The fourth-order valence-electron chi connectivity index (χ4n) is 2.12. The first-order chi connectivity index (χ1) is 11.4. The van der Waals surface area contributed by atoms with Crippen molar-refractivity contribution in [3.8, 4) is 11.5 Å². The van der Waals surface area contributed by atoms with Crippen molar-refractivity contribution < 1.29 is 14.3 Å². The summed E-state index contributed by atoms with van der Waals surface area (Å²) in [5.41, 5.74) is 1.72. The van der Waals surface area contributed by atoms with Crippen molar-refractivity contribution in [2.24, 2.45) is 0 Å². The van der Waals surface area contributed by atoms with E-state index in [1.165, 1.54) is 6.08 Å². The molecule has 0 N–H and O–H groups in total. The monoisotopic (exact) mass is 351 g/mol. The largest absolute Gasteiger partial charge is 0.493 e. The lowest BCUT2D eigenvalue weighted by Crippen LogP contribution is -2.30. The average molecular weight is 352 g/mol. The fourth-order valence-corrected chi connectivity index (χ4v) is 2.40. The van der Waals surface area contributed by atoms with Crippen LogP contribution in [-0.2, 0) is 4.79 Å². The van der Waals surface area contributed by atoms with E-state index in [0.29, 0.717) is 36.2 Å². The predicted molar refractivity (Wildman–Crippen MR) is 99.9 cm³/mol. The Hall–Kier alpha value is -1.94. The zero-order valence-electron chi connectivity index (χ0n) is 14.9. The Kier molecular flexibility index (Phi) is 8.41. The Morgan fingerprint density at radius 1 is 1.38 bits per heavy atom. The molecule has 0 fully saturated rings. The van der Waals surface area contributed by atoms with Crippen LogP contribution >= 0.6 is 11.6 Å². The first-order valence-electron chi connectivity index (χ1n) is 8.04. The highest BCUT2D eigenvalue weighted by Crippen LogP contribution is 2.36. The molecule has 0 aromatic heterocycles. The SMILES string of the molecule is C=C(C)CN(CC)C(=O)C=Cc1cc(Cl)c(OCCC)c(OC)c1. The third-order valence-electron chi connectivity index (χ3n) is 3.27. The van der Waals surface area contributed by atoms with Crippen molar-refractivity contribution in [2.45, 2.75) is 27.2 Å². The lowest BCUT2D eigenvalue weighted by molar-refractivity contribution is -0.125. The molecule has 0 unspecified atom stereocenters. The molecule has 1 aromatic rings. The summed E-state index contributed by atoms with van der Waals surface area (Å²) >= 11 is 6.28. The summed E-state index contributed by atoms with van der Waals surface area (Å²) in [4.78, 5) is 14.0. The van der Waals surface area contributed by atoms with Crippen molar-refractivity contribution in [1.29, 1.82) is 0 Å². The lowest BCUT2D eigenvalue weighted by Gasteiger charge is -2.19. The Morgan fingerprint density at radius 2 is 2.08 bits per heavy atom. The van der Waals surface area contributed by atoms with Crippen LogP contribution in [0, 0.1) is 0 Å². The van der Waals surface area contributed by atoms with Gasteiger partial charge in [-0.2, -0.15) is 0 Å². The number of amides is 1. The molecule has 24 heavy (non-hydrogen) atoms. The third-order valence-corrected chi connectivity index (χ3v) is 3.56. The van der Waals surface area contributed by atoms with Gasteiger partial charge < -0.3 is 14.4 Å². The zero-order valence-corrected chi connectivity index (χ0v) is 15.7. The van der Waals surface area contributed by atoms with Crippen molar-refractivity contribution in [3.05, 3.63) is 40.9 Å². The number of methoxy groups -OCH3 is 1. The van der Waals surface area contributed by atoms with Gasteiger partial charge in [-0.1, -0.05) is 30.7 Å². The molecule has 0 heterocycles. The number of halogens is 1. The Bertz CT molecular complexity index is 611. The number of rotatable bonds is 9. The van der Waals surface area contributed by atoms with Crippen LogP contribution in [0.25, 0.3) is 6.08 Å². The zero-order chi connectivity index (χ0) is 18.1. The minimum absolute atomic E-state index is 0.0677.